The number of esters is 1. The summed E-state index contributed by atoms with van der Waals surface area (Å²) in [6.07, 6.45) is 8.91. The third-order valence-electron chi connectivity index (χ3n) is 6.41. The third-order valence-corrected chi connectivity index (χ3v) is 6.41. The number of carbonyl (C=O) groups is 2. The molecule has 2 aliphatic heterocycles. The Kier molecular flexibility index (Phi) is 6.08. The van der Waals surface area contributed by atoms with E-state index in [4.69, 9.17) is 10.6 Å². The summed E-state index contributed by atoms with van der Waals surface area (Å²) in [4.78, 5) is 34.8. The number of ether oxygens (including phenoxy) is 1. The van der Waals surface area contributed by atoms with Gasteiger partial charge in [0.15, 0.2) is 5.82 Å². The molecule has 1 aliphatic carbocycles. The average molecular weight is 425 g/mol. The van der Waals surface area contributed by atoms with Crippen LogP contribution >= 0.6 is 0 Å². The second-order valence-electron chi connectivity index (χ2n) is 8.41. The lowest BCUT2D eigenvalue weighted by molar-refractivity contribution is -0.138. The highest BCUT2D eigenvalue weighted by molar-refractivity contribution is 5.91. The number of nitrogens with one attached hydrogen (secondary N) is 1. The van der Waals surface area contributed by atoms with Gasteiger partial charge in [-0.25, -0.2) is 14.8 Å². The van der Waals surface area contributed by atoms with Gasteiger partial charge in [0.1, 0.15) is 12.9 Å². The zero-order valence-corrected chi connectivity index (χ0v) is 17.5. The molecule has 0 radical (unpaired) electrons. The van der Waals surface area contributed by atoms with Crippen LogP contribution in [0, 0.1) is 5.41 Å². The fourth-order valence-corrected chi connectivity index (χ4v) is 4.88. The molecule has 3 N–H and O–H groups in total. The second-order valence-corrected chi connectivity index (χ2v) is 8.41. The van der Waals surface area contributed by atoms with Crippen LogP contribution in [0.15, 0.2) is 45.4 Å². The smallest absolute Gasteiger partial charge is 0.333 e. The van der Waals surface area contributed by atoms with Crippen LogP contribution in [0.5, 0.6) is 0 Å². The molecule has 3 heterocycles. The fourth-order valence-electron chi connectivity index (χ4n) is 4.88. The predicted molar refractivity (Wildman–Crippen MR) is 113 cm³/mol. The second kappa shape index (κ2) is 8.93. The molecule has 164 valence electrons. The number of hydrogen-bond acceptors (Lipinski definition) is 7. The van der Waals surface area contributed by atoms with E-state index in [1.54, 1.807) is 11.1 Å². The minimum atomic E-state index is -0.362. The van der Waals surface area contributed by atoms with E-state index in [1.165, 1.54) is 12.4 Å². The highest BCUT2D eigenvalue weighted by atomic mass is 16.5. The van der Waals surface area contributed by atoms with E-state index in [0.717, 1.165) is 37.7 Å². The molecular formula is C21H27N7O3. The number of nitrogens with two attached hydrogens (primary N) is 1. The van der Waals surface area contributed by atoms with Gasteiger partial charge < -0.3 is 20.8 Å². The highest BCUT2D eigenvalue weighted by Gasteiger charge is 2.52. The van der Waals surface area contributed by atoms with E-state index in [2.05, 4.69) is 32.6 Å². The maximum atomic E-state index is 13.3. The number of nitrogens with zero attached hydrogens (tertiary/aromatic N) is 5. The van der Waals surface area contributed by atoms with Gasteiger partial charge in [-0.3, -0.25) is 4.79 Å². The summed E-state index contributed by atoms with van der Waals surface area (Å²) in [6, 6.07) is 4.24. The first kappa shape index (κ1) is 21.1. The van der Waals surface area contributed by atoms with E-state index < -0.39 is 0 Å². The van der Waals surface area contributed by atoms with E-state index >= 15 is 0 Å². The Morgan fingerprint density at radius 2 is 2.16 bits per heavy atom. The van der Waals surface area contributed by atoms with Crippen molar-refractivity contribution in [1.82, 2.24) is 15.2 Å². The summed E-state index contributed by atoms with van der Waals surface area (Å²) in [6.45, 7) is 2.96. The van der Waals surface area contributed by atoms with Gasteiger partial charge in [-0.1, -0.05) is 11.3 Å². The van der Waals surface area contributed by atoms with Crippen molar-refractivity contribution >= 4 is 24.0 Å². The van der Waals surface area contributed by atoms with Crippen LogP contribution in [0.2, 0.25) is 0 Å². The lowest BCUT2D eigenvalue weighted by Crippen LogP contribution is -2.42. The summed E-state index contributed by atoms with van der Waals surface area (Å²) in [5, 5.41) is 10.2. The van der Waals surface area contributed by atoms with E-state index in [0.29, 0.717) is 24.1 Å². The van der Waals surface area contributed by atoms with Gasteiger partial charge in [0.25, 0.3) is 0 Å². The summed E-state index contributed by atoms with van der Waals surface area (Å²) in [5.74, 6) is 5.25. The van der Waals surface area contributed by atoms with Gasteiger partial charge >= 0.3 is 5.97 Å². The topological polar surface area (TPSA) is 135 Å². The number of amides is 1. The first-order valence-electron chi connectivity index (χ1n) is 10.5. The maximum absolute atomic E-state index is 13.3. The standard InChI is InChI=1S/C21H27N7O3/c1-14-9-21(20(30)28(14)17-8-19(29)31-12-17)6-4-16(5-7-21)23-10-15-2-3-18(24-11-15)25-13-26-27-22/h2-3,8,11,13-14,16,23H,4-7,9-10,12H2,1H3,(H2,22,24,25,26)/t14-,16?,21?/m0/s1. The van der Waals surface area contributed by atoms with Crippen molar-refractivity contribution in [3.05, 3.63) is 35.7 Å². The normalized spacial score (nSPS) is 28.8. The zero-order valence-electron chi connectivity index (χ0n) is 17.5. The molecule has 3 aliphatic rings. The molecule has 1 amide bonds. The zero-order chi connectivity index (χ0) is 21.8. The van der Waals surface area contributed by atoms with Crippen molar-refractivity contribution in [2.75, 3.05) is 6.61 Å². The molecule has 1 atom stereocenters. The summed E-state index contributed by atoms with van der Waals surface area (Å²) < 4.78 is 5.01. The van der Waals surface area contributed by atoms with Gasteiger partial charge in [-0.2, -0.15) is 0 Å². The van der Waals surface area contributed by atoms with Crippen molar-refractivity contribution in [2.24, 2.45) is 26.6 Å². The number of carbonyl (C=O) groups excluding carboxylic acids is 2. The molecule has 1 saturated heterocycles. The summed E-state index contributed by atoms with van der Waals surface area (Å²) in [7, 11) is 0. The van der Waals surface area contributed by atoms with E-state index in [-0.39, 0.29) is 29.9 Å². The lowest BCUT2D eigenvalue weighted by atomic mass is 9.70. The Bertz CT molecular complexity index is 917. The predicted octanol–water partition coefficient (Wildman–Crippen LogP) is 2.15. The summed E-state index contributed by atoms with van der Waals surface area (Å²) in [5.41, 5.74) is 1.45. The average Bonchev–Trinajstić information content (AvgIpc) is 3.29. The minimum Gasteiger partial charge on any atom is -0.456 e. The van der Waals surface area contributed by atoms with Crippen molar-refractivity contribution in [2.45, 2.75) is 57.7 Å². The Morgan fingerprint density at radius 3 is 2.81 bits per heavy atom. The molecular weight excluding hydrogens is 398 g/mol. The molecule has 4 rings (SSSR count). The lowest BCUT2D eigenvalue weighted by Gasteiger charge is -2.36. The minimum absolute atomic E-state index is 0.0938. The number of hydrogen-bond donors (Lipinski definition) is 2. The van der Waals surface area contributed by atoms with Crippen LogP contribution in [0.25, 0.3) is 0 Å². The molecule has 1 saturated carbocycles. The summed E-state index contributed by atoms with van der Waals surface area (Å²) >= 11 is 0. The van der Waals surface area contributed by atoms with E-state index in [9.17, 15) is 9.59 Å². The number of rotatable bonds is 6. The van der Waals surface area contributed by atoms with Crippen LogP contribution in [-0.2, 0) is 20.9 Å². The number of likely N-dealkylation sites (tertiary alicyclic amines) is 1. The number of cyclic esters (lactones) is 1. The molecule has 0 bridgehead atoms. The monoisotopic (exact) mass is 425 g/mol. The van der Waals surface area contributed by atoms with Gasteiger partial charge in [0, 0.05) is 30.9 Å². The third kappa shape index (κ3) is 4.48. The number of pyridine rings is 1. The van der Waals surface area contributed by atoms with Crippen molar-refractivity contribution in [1.29, 1.82) is 0 Å². The first-order valence-corrected chi connectivity index (χ1v) is 10.5. The van der Waals surface area contributed by atoms with Gasteiger partial charge in [0.05, 0.1) is 11.1 Å². The largest absolute Gasteiger partial charge is 0.456 e. The highest BCUT2D eigenvalue weighted by Crippen LogP contribution is 2.48. The van der Waals surface area contributed by atoms with Crippen LogP contribution < -0.4 is 11.2 Å². The van der Waals surface area contributed by atoms with Crippen LogP contribution in [-0.4, -0.2) is 46.8 Å². The molecule has 10 nitrogen and oxygen atoms in total. The fraction of sp³-hybridized carbons (Fsp3) is 0.524. The van der Waals surface area contributed by atoms with Crippen LogP contribution in [0.3, 0.4) is 0 Å². The molecule has 1 aromatic heterocycles. The van der Waals surface area contributed by atoms with Crippen LogP contribution in [0.4, 0.5) is 5.82 Å². The maximum Gasteiger partial charge on any atom is 0.333 e. The molecule has 1 spiro atoms. The first-order chi connectivity index (χ1) is 15.0. The van der Waals surface area contributed by atoms with Crippen LogP contribution in [0.1, 0.15) is 44.6 Å². The SMILES string of the molecule is C[C@H]1CC2(CCC(NCc3ccc(N=CN=NN)nc3)CC2)C(=O)N1C1=CC(=O)OC1. The van der Waals surface area contributed by atoms with Crippen molar-refractivity contribution < 1.29 is 14.3 Å². The van der Waals surface area contributed by atoms with Crippen molar-refractivity contribution in [3.8, 4) is 0 Å². The quantitative estimate of drug-likeness (QED) is 0.179. The Balaban J connectivity index is 1.29. The van der Waals surface area contributed by atoms with Gasteiger partial charge in [0.2, 0.25) is 5.91 Å². The number of aromatic nitrogens is 1. The van der Waals surface area contributed by atoms with Gasteiger partial charge in [-0.15, -0.1) is 5.11 Å². The van der Waals surface area contributed by atoms with Crippen molar-refractivity contribution in [3.63, 3.8) is 0 Å². The molecule has 10 heteroatoms. The molecule has 31 heavy (non-hydrogen) atoms. The Labute approximate surface area is 180 Å². The number of aliphatic imine (C=N–C) groups is 1. The van der Waals surface area contributed by atoms with E-state index in [1.807, 2.05) is 12.1 Å². The Hall–Kier alpha value is -3.14. The molecule has 1 aromatic rings. The Morgan fingerprint density at radius 1 is 1.35 bits per heavy atom. The molecule has 0 aromatic carbocycles. The van der Waals surface area contributed by atoms with Gasteiger partial charge in [-0.05, 0) is 50.7 Å². The molecule has 0 unspecified atom stereocenters. The molecule has 2 fully saturated rings.